The molecule has 0 saturated carbocycles. The van der Waals surface area contributed by atoms with Crippen molar-refractivity contribution in [1.82, 2.24) is 0 Å². The molecule has 0 aromatic heterocycles. The number of thiocarbonyl (C=S) groups is 1. The largest absolute Gasteiger partial charge is 0.495 e. The van der Waals surface area contributed by atoms with E-state index in [1.165, 1.54) is 23.0 Å². The molecule has 5 rings (SSSR count). The zero-order valence-electron chi connectivity index (χ0n) is 24.1. The number of nitrogens with one attached hydrogen (secondary N) is 1. The van der Waals surface area contributed by atoms with Crippen molar-refractivity contribution in [2.24, 2.45) is 0 Å². The van der Waals surface area contributed by atoms with E-state index in [0.717, 1.165) is 0 Å². The second-order valence-electron chi connectivity index (χ2n) is 9.47. The van der Waals surface area contributed by atoms with Gasteiger partial charge in [-0.25, -0.2) is 0 Å². The molecule has 0 atom stereocenters. The Bertz CT molecular complexity index is 1660. The van der Waals surface area contributed by atoms with Crippen LogP contribution in [-0.4, -0.2) is 43.2 Å². The molecule has 4 aromatic rings. The number of amides is 3. The predicted octanol–water partition coefficient (Wildman–Crippen LogP) is 5.86. The standard InChI is InChI=1S/C34H29N3O6S/c1-3-42-30-21-23(18-19-29(30)43-22-31(38)35-27-16-10-11-17-28(27)41-2)20-26-32(39)36(24-12-6-4-7-13-24)34(44)37(33(26)40)25-14-8-5-9-15-25/h4-21H,3,22H2,1-2H3,(H,35,38). The minimum Gasteiger partial charge on any atom is -0.495 e. The third-order valence-corrected chi connectivity index (χ3v) is 6.96. The summed E-state index contributed by atoms with van der Waals surface area (Å²) in [7, 11) is 1.52. The molecule has 0 aliphatic carbocycles. The van der Waals surface area contributed by atoms with Gasteiger partial charge in [-0.15, -0.1) is 0 Å². The minimum absolute atomic E-state index is 0.0553. The molecule has 1 fully saturated rings. The molecule has 0 bridgehead atoms. The number of hydrogen-bond acceptors (Lipinski definition) is 7. The van der Waals surface area contributed by atoms with Gasteiger partial charge in [-0.3, -0.25) is 24.2 Å². The van der Waals surface area contributed by atoms with Crippen LogP contribution in [0.15, 0.2) is 109 Å². The van der Waals surface area contributed by atoms with Crippen molar-refractivity contribution < 1.29 is 28.6 Å². The van der Waals surface area contributed by atoms with Crippen molar-refractivity contribution in [3.63, 3.8) is 0 Å². The number of benzene rings is 4. The fraction of sp³-hybridized carbons (Fsp3) is 0.118. The van der Waals surface area contributed by atoms with E-state index in [4.69, 9.17) is 26.4 Å². The van der Waals surface area contributed by atoms with E-state index in [0.29, 0.717) is 46.5 Å². The van der Waals surface area contributed by atoms with E-state index in [1.54, 1.807) is 91.0 Å². The Kier molecular flexibility index (Phi) is 9.31. The van der Waals surface area contributed by atoms with Gasteiger partial charge in [0.1, 0.15) is 11.3 Å². The number of hydrogen-bond donors (Lipinski definition) is 1. The lowest BCUT2D eigenvalue weighted by atomic mass is 10.0. The van der Waals surface area contributed by atoms with Gasteiger partial charge in [-0.2, -0.15) is 0 Å². The Morgan fingerprint density at radius 3 is 1.95 bits per heavy atom. The number of carbonyl (C=O) groups excluding carboxylic acids is 3. The zero-order chi connectivity index (χ0) is 31.1. The summed E-state index contributed by atoms with van der Waals surface area (Å²) >= 11 is 5.67. The second kappa shape index (κ2) is 13.7. The molecule has 1 saturated heterocycles. The Labute approximate surface area is 260 Å². The Morgan fingerprint density at radius 1 is 0.773 bits per heavy atom. The number of methoxy groups -OCH3 is 1. The molecule has 4 aromatic carbocycles. The topological polar surface area (TPSA) is 97.4 Å². The van der Waals surface area contributed by atoms with Crippen LogP contribution < -0.4 is 29.3 Å². The first-order valence-corrected chi connectivity index (χ1v) is 14.2. The highest BCUT2D eigenvalue weighted by Gasteiger charge is 2.41. The first kappa shape index (κ1) is 30.0. The molecule has 0 unspecified atom stereocenters. The molecule has 1 aliphatic rings. The van der Waals surface area contributed by atoms with Crippen LogP contribution in [0.3, 0.4) is 0 Å². The summed E-state index contributed by atoms with van der Waals surface area (Å²) < 4.78 is 16.8. The minimum atomic E-state index is -0.551. The summed E-state index contributed by atoms with van der Waals surface area (Å²) in [6.45, 7) is 1.85. The number of para-hydroxylation sites is 4. The molecule has 1 aliphatic heterocycles. The number of rotatable bonds is 10. The average Bonchev–Trinajstić information content (AvgIpc) is 3.04. The van der Waals surface area contributed by atoms with Gasteiger partial charge in [0, 0.05) is 0 Å². The van der Waals surface area contributed by atoms with Gasteiger partial charge < -0.3 is 19.5 Å². The van der Waals surface area contributed by atoms with Crippen molar-refractivity contribution in [2.45, 2.75) is 6.92 Å². The second-order valence-corrected chi connectivity index (χ2v) is 9.83. The van der Waals surface area contributed by atoms with Crippen LogP contribution >= 0.6 is 12.2 Å². The number of anilines is 3. The maximum absolute atomic E-state index is 13.8. The van der Waals surface area contributed by atoms with Crippen molar-refractivity contribution in [2.75, 3.05) is 35.4 Å². The van der Waals surface area contributed by atoms with Gasteiger partial charge in [-0.1, -0.05) is 54.6 Å². The quantitative estimate of drug-likeness (QED) is 0.137. The van der Waals surface area contributed by atoms with E-state index in [1.807, 2.05) is 19.1 Å². The third-order valence-electron chi connectivity index (χ3n) is 6.60. The van der Waals surface area contributed by atoms with Crippen molar-refractivity contribution in [1.29, 1.82) is 0 Å². The number of ether oxygens (including phenoxy) is 3. The predicted molar refractivity (Wildman–Crippen MR) is 173 cm³/mol. The smallest absolute Gasteiger partial charge is 0.270 e. The van der Waals surface area contributed by atoms with Crippen molar-refractivity contribution in [3.8, 4) is 17.2 Å². The van der Waals surface area contributed by atoms with Crippen molar-refractivity contribution >= 4 is 58.2 Å². The number of nitrogens with zero attached hydrogens (tertiary/aromatic N) is 2. The van der Waals surface area contributed by atoms with Crippen LogP contribution in [0.25, 0.3) is 6.08 Å². The van der Waals surface area contributed by atoms with Gasteiger partial charge >= 0.3 is 0 Å². The normalized spacial score (nSPS) is 13.0. The lowest BCUT2D eigenvalue weighted by Crippen LogP contribution is -2.56. The monoisotopic (exact) mass is 607 g/mol. The molecule has 3 amide bonds. The van der Waals surface area contributed by atoms with Crippen LogP contribution in [0.1, 0.15) is 12.5 Å². The molecular weight excluding hydrogens is 578 g/mol. The van der Waals surface area contributed by atoms with Crippen LogP contribution in [-0.2, 0) is 14.4 Å². The van der Waals surface area contributed by atoms with E-state index in [9.17, 15) is 14.4 Å². The van der Waals surface area contributed by atoms with E-state index in [-0.39, 0.29) is 23.2 Å². The maximum atomic E-state index is 13.8. The summed E-state index contributed by atoms with van der Waals surface area (Å²) in [5.41, 5.74) is 2.02. The van der Waals surface area contributed by atoms with Gasteiger partial charge in [-0.05, 0) is 79.3 Å². The molecule has 0 radical (unpaired) electrons. The zero-order valence-corrected chi connectivity index (χ0v) is 24.9. The fourth-order valence-corrected chi connectivity index (χ4v) is 4.96. The van der Waals surface area contributed by atoms with E-state index in [2.05, 4.69) is 5.32 Å². The van der Waals surface area contributed by atoms with Crippen LogP contribution in [0.2, 0.25) is 0 Å². The summed E-state index contributed by atoms with van der Waals surface area (Å²) in [6.07, 6.45) is 1.50. The molecule has 1 heterocycles. The number of carbonyl (C=O) groups is 3. The maximum Gasteiger partial charge on any atom is 0.270 e. The first-order valence-electron chi connectivity index (χ1n) is 13.8. The highest BCUT2D eigenvalue weighted by molar-refractivity contribution is 7.81. The highest BCUT2D eigenvalue weighted by Crippen LogP contribution is 2.33. The van der Waals surface area contributed by atoms with Crippen LogP contribution in [0.5, 0.6) is 17.2 Å². The van der Waals surface area contributed by atoms with E-state index >= 15 is 0 Å². The molecule has 222 valence electrons. The lowest BCUT2D eigenvalue weighted by Gasteiger charge is -2.36. The Morgan fingerprint density at radius 2 is 1.36 bits per heavy atom. The SMILES string of the molecule is CCOc1cc(C=C2C(=O)N(c3ccccc3)C(=S)N(c3ccccc3)C2=O)ccc1OCC(=O)Nc1ccccc1OC. The molecular formula is C34H29N3O6S. The van der Waals surface area contributed by atoms with Crippen molar-refractivity contribution in [3.05, 3.63) is 114 Å². The fourth-order valence-electron chi connectivity index (χ4n) is 4.59. The van der Waals surface area contributed by atoms with Crippen LogP contribution in [0, 0.1) is 0 Å². The Balaban J connectivity index is 1.43. The molecule has 10 heteroatoms. The molecule has 0 spiro atoms. The molecule has 44 heavy (non-hydrogen) atoms. The summed E-state index contributed by atoms with van der Waals surface area (Å²) in [5, 5.41) is 2.82. The highest BCUT2D eigenvalue weighted by atomic mass is 32.1. The summed E-state index contributed by atoms with van der Waals surface area (Å²) in [4.78, 5) is 42.9. The van der Waals surface area contributed by atoms with Gasteiger partial charge in [0.2, 0.25) is 0 Å². The first-order chi connectivity index (χ1) is 21.4. The van der Waals surface area contributed by atoms with Crippen LogP contribution in [0.4, 0.5) is 17.1 Å². The Hall–Kier alpha value is -5.48. The summed E-state index contributed by atoms with van der Waals surface area (Å²) in [5.74, 6) is -0.298. The van der Waals surface area contributed by atoms with Gasteiger partial charge in [0.15, 0.2) is 23.2 Å². The lowest BCUT2D eigenvalue weighted by molar-refractivity contribution is -0.121. The summed E-state index contributed by atoms with van der Waals surface area (Å²) in [6, 6.07) is 29.9. The van der Waals surface area contributed by atoms with Gasteiger partial charge in [0.05, 0.1) is 30.8 Å². The molecule has 1 N–H and O–H groups in total. The third kappa shape index (κ3) is 6.45. The van der Waals surface area contributed by atoms with E-state index < -0.39 is 11.8 Å². The molecule has 9 nitrogen and oxygen atoms in total. The van der Waals surface area contributed by atoms with Gasteiger partial charge in [0.25, 0.3) is 17.7 Å². The average molecular weight is 608 g/mol.